The van der Waals surface area contributed by atoms with Gasteiger partial charge in [-0.1, -0.05) is 0 Å². The lowest BCUT2D eigenvalue weighted by Gasteiger charge is -1.89. The van der Waals surface area contributed by atoms with Gasteiger partial charge in [-0.25, -0.2) is 0 Å². The van der Waals surface area contributed by atoms with E-state index in [-0.39, 0.29) is 5.69 Å². The molecule has 0 unspecified atom stereocenters. The van der Waals surface area contributed by atoms with Gasteiger partial charge in [-0.2, -0.15) is 13.5 Å². The second kappa shape index (κ2) is 2.85. The molecule has 4 nitrogen and oxygen atoms in total. The van der Waals surface area contributed by atoms with Gasteiger partial charge in [0.25, 0.3) is 0 Å². The maximum Gasteiger partial charge on any atom is 0.308 e. The number of nitrogens with zero attached hydrogens (tertiary/aromatic N) is 2. The van der Waals surface area contributed by atoms with Gasteiger partial charge in [0.15, 0.2) is 0 Å². The molecule has 0 aliphatic rings. The van der Waals surface area contributed by atoms with Crippen LogP contribution in [0.3, 0.4) is 0 Å². The van der Waals surface area contributed by atoms with Crippen LogP contribution in [0.25, 0.3) is 0 Å². The molecule has 68 valence electrons. The summed E-state index contributed by atoms with van der Waals surface area (Å²) in [6, 6.07) is 1.54. The first-order valence-electron chi connectivity index (χ1n) is 3.30. The summed E-state index contributed by atoms with van der Waals surface area (Å²) in [6.07, 6.45) is 0. The summed E-state index contributed by atoms with van der Waals surface area (Å²) in [5.74, 6) is -0.644. The van der Waals surface area contributed by atoms with Gasteiger partial charge in [-0.15, -0.1) is 3.89 Å². The molecule has 1 heterocycles. The number of aromatic nitrogens is 2. The van der Waals surface area contributed by atoms with E-state index in [1.165, 1.54) is 10.7 Å². The lowest BCUT2D eigenvalue weighted by Crippen LogP contribution is -1.98. The van der Waals surface area contributed by atoms with Gasteiger partial charge in [0.05, 0.1) is 5.69 Å². The van der Waals surface area contributed by atoms with Crippen LogP contribution in [0.2, 0.25) is 0 Å². The highest BCUT2D eigenvalue weighted by Crippen LogP contribution is 2.06. The molecule has 0 N–H and O–H groups in total. The summed E-state index contributed by atoms with van der Waals surface area (Å²) in [6.45, 7) is 1.77. The van der Waals surface area contributed by atoms with Crippen LogP contribution >= 0.6 is 0 Å². The molecule has 0 saturated carbocycles. The predicted molar refractivity (Wildman–Crippen MR) is 41.7 cm³/mol. The summed E-state index contributed by atoms with van der Waals surface area (Å²) < 4.78 is 34.0. The zero-order valence-corrected chi connectivity index (χ0v) is 7.60. The van der Waals surface area contributed by atoms with Crippen molar-refractivity contribution in [3.05, 3.63) is 17.5 Å². The fourth-order valence-corrected chi connectivity index (χ4v) is 1.38. The fraction of sp³-hybridized carbons (Fsp3) is 0.500. The Morgan fingerprint density at radius 1 is 1.67 bits per heavy atom. The molecule has 12 heavy (non-hydrogen) atoms. The molecular formula is C6H9FN2O2S. The highest BCUT2D eigenvalue weighted by molar-refractivity contribution is 7.85. The summed E-state index contributed by atoms with van der Waals surface area (Å²) in [4.78, 5) is 0. The minimum absolute atomic E-state index is 0.234. The van der Waals surface area contributed by atoms with Crippen LogP contribution in [0.5, 0.6) is 0 Å². The molecule has 0 fully saturated rings. The summed E-state index contributed by atoms with van der Waals surface area (Å²) in [5.41, 5.74) is 1.03. The van der Waals surface area contributed by atoms with Crippen molar-refractivity contribution >= 4 is 10.2 Å². The standard InChI is InChI=1S/C6H9FN2O2S/c1-5-3-6(8-9(5)2)4-12(7,10)11/h3H,4H2,1-2H3. The minimum atomic E-state index is -4.46. The number of hydrogen-bond acceptors (Lipinski definition) is 3. The van der Waals surface area contributed by atoms with E-state index < -0.39 is 16.0 Å². The minimum Gasteiger partial charge on any atom is -0.273 e. The molecule has 0 saturated heterocycles. The van der Waals surface area contributed by atoms with E-state index in [0.717, 1.165) is 5.69 Å². The van der Waals surface area contributed by atoms with Gasteiger partial charge in [0.1, 0.15) is 5.75 Å². The third-order valence-corrected chi connectivity index (χ3v) is 2.13. The van der Waals surface area contributed by atoms with Gasteiger partial charge >= 0.3 is 10.2 Å². The van der Waals surface area contributed by atoms with E-state index >= 15 is 0 Å². The molecule has 0 aliphatic heterocycles. The van der Waals surface area contributed by atoms with Gasteiger partial charge in [-0.05, 0) is 13.0 Å². The molecule has 0 bridgehead atoms. The lowest BCUT2D eigenvalue weighted by atomic mass is 10.4. The first-order valence-corrected chi connectivity index (χ1v) is 4.85. The Balaban J connectivity index is 2.92. The van der Waals surface area contributed by atoms with Crippen molar-refractivity contribution in [3.63, 3.8) is 0 Å². The third-order valence-electron chi connectivity index (χ3n) is 1.48. The van der Waals surface area contributed by atoms with Crippen molar-refractivity contribution in [1.82, 2.24) is 9.78 Å². The Morgan fingerprint density at radius 3 is 2.58 bits per heavy atom. The molecule has 0 atom stereocenters. The Kier molecular flexibility index (Phi) is 2.18. The largest absolute Gasteiger partial charge is 0.308 e. The van der Waals surface area contributed by atoms with Crippen molar-refractivity contribution in [2.75, 3.05) is 0 Å². The first-order chi connectivity index (χ1) is 5.38. The number of hydrogen-bond donors (Lipinski definition) is 0. The molecular weight excluding hydrogens is 183 g/mol. The van der Waals surface area contributed by atoms with Crippen LogP contribution in [-0.4, -0.2) is 18.2 Å². The summed E-state index contributed by atoms with van der Waals surface area (Å²) in [7, 11) is -2.79. The smallest absolute Gasteiger partial charge is 0.273 e. The second-order valence-corrected chi connectivity index (χ2v) is 3.95. The molecule has 0 aromatic carbocycles. The lowest BCUT2D eigenvalue weighted by molar-refractivity contribution is 0.549. The van der Waals surface area contributed by atoms with Gasteiger partial charge in [0, 0.05) is 12.7 Å². The normalized spacial score (nSPS) is 11.9. The Labute approximate surface area is 70.2 Å². The van der Waals surface area contributed by atoms with Crippen molar-refractivity contribution in [2.24, 2.45) is 7.05 Å². The van der Waals surface area contributed by atoms with Gasteiger partial charge in [0.2, 0.25) is 0 Å². The van der Waals surface area contributed by atoms with E-state index in [2.05, 4.69) is 5.10 Å². The van der Waals surface area contributed by atoms with E-state index in [1.807, 2.05) is 0 Å². The van der Waals surface area contributed by atoms with E-state index in [0.29, 0.717) is 0 Å². The molecule has 0 spiro atoms. The van der Waals surface area contributed by atoms with Crippen molar-refractivity contribution in [2.45, 2.75) is 12.7 Å². The van der Waals surface area contributed by atoms with Crippen molar-refractivity contribution in [3.8, 4) is 0 Å². The quantitative estimate of drug-likeness (QED) is 0.642. The molecule has 1 rings (SSSR count). The molecule has 1 aromatic heterocycles. The number of halogens is 1. The average Bonchev–Trinajstić information content (AvgIpc) is 2.07. The van der Waals surface area contributed by atoms with Crippen molar-refractivity contribution in [1.29, 1.82) is 0 Å². The highest BCUT2D eigenvalue weighted by Gasteiger charge is 2.11. The number of rotatable bonds is 2. The highest BCUT2D eigenvalue weighted by atomic mass is 32.3. The molecule has 6 heteroatoms. The van der Waals surface area contributed by atoms with E-state index in [4.69, 9.17) is 0 Å². The van der Waals surface area contributed by atoms with Crippen LogP contribution in [0.15, 0.2) is 6.07 Å². The predicted octanol–water partition coefficient (Wildman–Crippen LogP) is 0.528. The van der Waals surface area contributed by atoms with Gasteiger partial charge in [-0.3, -0.25) is 4.68 Å². The SMILES string of the molecule is Cc1cc(CS(=O)(=O)F)nn1C. The molecule has 1 aromatic rings. The van der Waals surface area contributed by atoms with Gasteiger partial charge < -0.3 is 0 Å². The van der Waals surface area contributed by atoms with Crippen LogP contribution < -0.4 is 0 Å². The maximum absolute atomic E-state index is 12.1. The Hall–Kier alpha value is -0.910. The van der Waals surface area contributed by atoms with Crippen molar-refractivity contribution < 1.29 is 12.3 Å². The summed E-state index contributed by atoms with van der Waals surface area (Å²) >= 11 is 0. The zero-order chi connectivity index (χ0) is 9.35. The third kappa shape index (κ3) is 2.30. The zero-order valence-electron chi connectivity index (χ0n) is 6.78. The monoisotopic (exact) mass is 192 g/mol. The van der Waals surface area contributed by atoms with Crippen LogP contribution in [0.1, 0.15) is 11.4 Å². The van der Waals surface area contributed by atoms with Crippen LogP contribution in [0.4, 0.5) is 3.89 Å². The fourth-order valence-electron chi connectivity index (χ4n) is 0.882. The second-order valence-electron chi connectivity index (χ2n) is 2.58. The molecule has 0 aliphatic carbocycles. The maximum atomic E-state index is 12.1. The van der Waals surface area contributed by atoms with E-state index in [9.17, 15) is 12.3 Å². The summed E-state index contributed by atoms with van der Waals surface area (Å²) in [5, 5.41) is 3.79. The Morgan fingerprint density at radius 2 is 2.25 bits per heavy atom. The average molecular weight is 192 g/mol. The van der Waals surface area contributed by atoms with Crippen LogP contribution in [0, 0.1) is 6.92 Å². The first kappa shape index (κ1) is 9.18. The van der Waals surface area contributed by atoms with E-state index in [1.54, 1.807) is 14.0 Å². The number of aryl methyl sites for hydroxylation is 2. The topological polar surface area (TPSA) is 52.0 Å². The molecule has 0 amide bonds. The molecule has 0 radical (unpaired) electrons. The van der Waals surface area contributed by atoms with Crippen LogP contribution in [-0.2, 0) is 23.0 Å². The Bertz CT molecular complexity index is 363.